The highest BCUT2D eigenvalue weighted by atomic mass is 16.3. The van der Waals surface area contributed by atoms with E-state index in [1.54, 1.807) is 6.92 Å². The van der Waals surface area contributed by atoms with Gasteiger partial charge in [0.2, 0.25) is 0 Å². The Balaban J connectivity index is 2.07. The summed E-state index contributed by atoms with van der Waals surface area (Å²) >= 11 is 0. The summed E-state index contributed by atoms with van der Waals surface area (Å²) < 4.78 is 1.46. The van der Waals surface area contributed by atoms with Crippen LogP contribution in [0.2, 0.25) is 0 Å². The Morgan fingerprint density at radius 3 is 2.61 bits per heavy atom. The van der Waals surface area contributed by atoms with E-state index in [2.05, 4.69) is 10.4 Å². The van der Waals surface area contributed by atoms with Gasteiger partial charge in [0.15, 0.2) is 11.4 Å². The number of aliphatic hydroxyl groups excluding tert-OH is 1. The van der Waals surface area contributed by atoms with E-state index in [0.29, 0.717) is 13.0 Å². The lowest BCUT2D eigenvalue weighted by Gasteiger charge is -2.26. The third kappa shape index (κ3) is 4.56. The summed E-state index contributed by atoms with van der Waals surface area (Å²) in [6.45, 7) is 6.02. The van der Waals surface area contributed by atoms with Crippen molar-refractivity contribution in [2.24, 2.45) is 5.41 Å². The molecule has 2 aromatic rings. The second kappa shape index (κ2) is 6.83. The number of aromatic nitrogens is 2. The Morgan fingerprint density at radius 2 is 2.00 bits per heavy atom. The first-order chi connectivity index (χ1) is 10.8. The summed E-state index contributed by atoms with van der Waals surface area (Å²) in [5.74, 6) is -0.601. The molecule has 0 aliphatic heterocycles. The lowest BCUT2D eigenvalue weighted by molar-refractivity contribution is 0.0894. The van der Waals surface area contributed by atoms with Gasteiger partial charge in [0, 0.05) is 6.54 Å². The fourth-order valence-electron chi connectivity index (χ4n) is 2.51. The third-order valence-corrected chi connectivity index (χ3v) is 3.51. The summed E-state index contributed by atoms with van der Waals surface area (Å²) in [6, 6.07) is 9.25. The predicted molar refractivity (Wildman–Crippen MR) is 87.6 cm³/mol. The van der Waals surface area contributed by atoms with Crippen LogP contribution in [0.25, 0.3) is 5.69 Å². The zero-order chi connectivity index (χ0) is 17.0. The van der Waals surface area contributed by atoms with Gasteiger partial charge in [0.25, 0.3) is 5.91 Å². The van der Waals surface area contributed by atoms with Crippen LogP contribution in [0.15, 0.2) is 36.5 Å². The maximum absolute atomic E-state index is 12.2. The van der Waals surface area contributed by atoms with Crippen molar-refractivity contribution in [1.29, 1.82) is 0 Å². The summed E-state index contributed by atoms with van der Waals surface area (Å²) in [7, 11) is 0. The lowest BCUT2D eigenvalue weighted by Crippen LogP contribution is -2.36. The lowest BCUT2D eigenvalue weighted by atomic mass is 9.87. The van der Waals surface area contributed by atoms with Crippen molar-refractivity contribution in [2.75, 3.05) is 6.54 Å². The van der Waals surface area contributed by atoms with Gasteiger partial charge >= 0.3 is 0 Å². The Morgan fingerprint density at radius 1 is 1.35 bits per heavy atom. The Bertz CT molecular complexity index is 663. The van der Waals surface area contributed by atoms with Gasteiger partial charge in [-0.3, -0.25) is 4.79 Å². The quantitative estimate of drug-likeness (QED) is 0.761. The molecule has 0 saturated heterocycles. The van der Waals surface area contributed by atoms with Crippen LogP contribution in [0.5, 0.6) is 5.75 Å². The predicted octanol–water partition coefficient (Wildman–Crippen LogP) is 2.10. The molecular weight excluding hydrogens is 294 g/mol. The van der Waals surface area contributed by atoms with Crippen LogP contribution in [0, 0.1) is 5.41 Å². The van der Waals surface area contributed by atoms with Crippen LogP contribution in [0.4, 0.5) is 0 Å². The number of nitrogens with one attached hydrogen (secondary N) is 1. The Hall–Kier alpha value is -2.34. The maximum atomic E-state index is 12.2. The maximum Gasteiger partial charge on any atom is 0.275 e. The molecule has 0 fully saturated rings. The van der Waals surface area contributed by atoms with Crippen LogP contribution < -0.4 is 5.32 Å². The van der Waals surface area contributed by atoms with Crippen molar-refractivity contribution >= 4 is 5.91 Å². The SMILES string of the molecule is CC(O)CC(C)(C)CNC(=O)c1nn(-c2ccccc2)cc1O. The monoisotopic (exact) mass is 317 g/mol. The standard InChI is InChI=1S/C17H23N3O3/c1-12(21)9-17(2,3)11-18-16(23)15-14(22)10-20(19-15)13-7-5-4-6-8-13/h4-8,10,12,21-22H,9,11H2,1-3H3,(H,18,23). The molecule has 0 bridgehead atoms. The van der Waals surface area contributed by atoms with Crippen LogP contribution >= 0.6 is 0 Å². The van der Waals surface area contributed by atoms with E-state index >= 15 is 0 Å². The molecule has 1 aromatic carbocycles. The minimum Gasteiger partial charge on any atom is -0.504 e. The molecule has 2 rings (SSSR count). The van der Waals surface area contributed by atoms with Crippen molar-refractivity contribution in [3.63, 3.8) is 0 Å². The van der Waals surface area contributed by atoms with E-state index in [0.717, 1.165) is 5.69 Å². The molecule has 6 heteroatoms. The molecule has 1 atom stereocenters. The molecule has 1 unspecified atom stereocenters. The Kier molecular flexibility index (Phi) is 5.05. The number of amides is 1. The number of para-hydroxylation sites is 1. The van der Waals surface area contributed by atoms with Crippen molar-refractivity contribution in [3.8, 4) is 11.4 Å². The van der Waals surface area contributed by atoms with Gasteiger partial charge in [0.05, 0.1) is 18.0 Å². The highest BCUT2D eigenvalue weighted by molar-refractivity contribution is 5.94. The molecule has 6 nitrogen and oxygen atoms in total. The molecule has 23 heavy (non-hydrogen) atoms. The zero-order valence-corrected chi connectivity index (χ0v) is 13.7. The number of aromatic hydroxyl groups is 1. The Labute approximate surface area is 135 Å². The molecule has 0 aliphatic carbocycles. The normalized spacial score (nSPS) is 12.9. The highest BCUT2D eigenvalue weighted by Crippen LogP contribution is 2.22. The fourth-order valence-corrected chi connectivity index (χ4v) is 2.51. The average molecular weight is 317 g/mol. The molecule has 1 aromatic heterocycles. The van der Waals surface area contributed by atoms with E-state index in [9.17, 15) is 15.0 Å². The number of aliphatic hydroxyl groups is 1. The first-order valence-electron chi connectivity index (χ1n) is 7.59. The first kappa shape index (κ1) is 17.0. The van der Waals surface area contributed by atoms with E-state index in [-0.39, 0.29) is 16.9 Å². The largest absolute Gasteiger partial charge is 0.504 e. The molecule has 0 radical (unpaired) electrons. The summed E-state index contributed by atoms with van der Waals surface area (Å²) in [4.78, 5) is 12.2. The second-order valence-corrected chi connectivity index (χ2v) is 6.54. The molecule has 1 heterocycles. The molecular formula is C17H23N3O3. The van der Waals surface area contributed by atoms with Crippen molar-refractivity contribution < 1.29 is 15.0 Å². The third-order valence-electron chi connectivity index (χ3n) is 3.51. The number of benzene rings is 1. The van der Waals surface area contributed by atoms with Gasteiger partial charge in [-0.05, 0) is 30.9 Å². The van der Waals surface area contributed by atoms with Gasteiger partial charge in [-0.2, -0.15) is 5.10 Å². The van der Waals surface area contributed by atoms with Crippen LogP contribution in [0.3, 0.4) is 0 Å². The minimum atomic E-state index is -0.437. The fraction of sp³-hybridized carbons (Fsp3) is 0.412. The molecule has 1 amide bonds. The van der Waals surface area contributed by atoms with E-state index in [1.165, 1.54) is 10.9 Å². The highest BCUT2D eigenvalue weighted by Gasteiger charge is 2.23. The summed E-state index contributed by atoms with van der Waals surface area (Å²) in [6.07, 6.45) is 1.54. The number of hydrogen-bond donors (Lipinski definition) is 3. The van der Waals surface area contributed by atoms with Gasteiger partial charge in [-0.25, -0.2) is 4.68 Å². The number of hydrogen-bond acceptors (Lipinski definition) is 4. The van der Waals surface area contributed by atoms with Gasteiger partial charge < -0.3 is 15.5 Å². The van der Waals surface area contributed by atoms with Gasteiger partial charge in [-0.15, -0.1) is 0 Å². The minimum absolute atomic E-state index is 0.0123. The van der Waals surface area contributed by atoms with Crippen LogP contribution in [0.1, 0.15) is 37.7 Å². The van der Waals surface area contributed by atoms with E-state index < -0.39 is 12.0 Å². The summed E-state index contributed by atoms with van der Waals surface area (Å²) in [5, 5.41) is 26.3. The number of nitrogens with zero attached hydrogens (tertiary/aromatic N) is 2. The average Bonchev–Trinajstić information content (AvgIpc) is 2.87. The molecule has 3 N–H and O–H groups in total. The summed E-state index contributed by atoms with van der Waals surface area (Å²) in [5.41, 5.74) is 0.500. The number of carbonyl (C=O) groups excluding carboxylic acids is 1. The van der Waals surface area contributed by atoms with Crippen molar-refractivity contribution in [2.45, 2.75) is 33.3 Å². The molecule has 124 valence electrons. The molecule has 0 aliphatic rings. The second-order valence-electron chi connectivity index (χ2n) is 6.54. The smallest absolute Gasteiger partial charge is 0.275 e. The molecule has 0 saturated carbocycles. The van der Waals surface area contributed by atoms with Crippen LogP contribution in [-0.2, 0) is 0 Å². The van der Waals surface area contributed by atoms with Crippen molar-refractivity contribution in [3.05, 3.63) is 42.2 Å². The molecule has 0 spiro atoms. The van der Waals surface area contributed by atoms with E-state index in [4.69, 9.17) is 0 Å². The first-order valence-corrected chi connectivity index (χ1v) is 7.59. The topological polar surface area (TPSA) is 87.4 Å². The van der Waals surface area contributed by atoms with Crippen molar-refractivity contribution in [1.82, 2.24) is 15.1 Å². The number of rotatable bonds is 6. The number of carbonyl (C=O) groups is 1. The van der Waals surface area contributed by atoms with Gasteiger partial charge in [-0.1, -0.05) is 32.0 Å². The zero-order valence-electron chi connectivity index (χ0n) is 13.7. The van der Waals surface area contributed by atoms with Gasteiger partial charge in [0.1, 0.15) is 0 Å². The van der Waals surface area contributed by atoms with E-state index in [1.807, 2.05) is 44.2 Å². The van der Waals surface area contributed by atoms with Crippen LogP contribution in [-0.4, -0.2) is 38.5 Å².